The number of rotatable bonds is 5. The Kier molecular flexibility index (Phi) is 4.82. The molecule has 0 radical (unpaired) electrons. The van der Waals surface area contributed by atoms with Gasteiger partial charge >= 0.3 is 0 Å². The first-order valence-electron chi connectivity index (χ1n) is 7.37. The van der Waals surface area contributed by atoms with Crippen molar-refractivity contribution < 1.29 is 9.18 Å². The third-order valence-electron chi connectivity index (χ3n) is 3.54. The van der Waals surface area contributed by atoms with Crippen LogP contribution in [0.15, 0.2) is 34.2 Å². The highest BCUT2D eigenvalue weighted by molar-refractivity contribution is 7.99. The Hall–Kier alpha value is -1.99. The molecule has 3 rings (SSSR count). The number of H-pyrrole nitrogens is 1. The molecule has 124 valence electrons. The number of carbonyl (C=O) groups is 1. The summed E-state index contributed by atoms with van der Waals surface area (Å²) in [4.78, 5) is 32.4. The first-order chi connectivity index (χ1) is 11.5. The summed E-state index contributed by atoms with van der Waals surface area (Å²) in [5.41, 5.74) is 1.38. The van der Waals surface area contributed by atoms with Crippen LogP contribution in [-0.2, 0) is 4.79 Å². The first kappa shape index (κ1) is 16.9. The number of nitrogens with one attached hydrogen (secondary N) is 1. The summed E-state index contributed by atoms with van der Waals surface area (Å²) in [6.07, 6.45) is 0.441. The Bertz CT molecular complexity index is 961. The number of hydrogen-bond acceptors (Lipinski definition) is 5. The summed E-state index contributed by atoms with van der Waals surface area (Å²) in [6.45, 7) is 3.46. The van der Waals surface area contributed by atoms with Crippen molar-refractivity contribution in [1.29, 1.82) is 0 Å². The van der Waals surface area contributed by atoms with Gasteiger partial charge in [0.15, 0.2) is 5.16 Å². The Morgan fingerprint density at radius 3 is 2.71 bits per heavy atom. The third kappa shape index (κ3) is 3.42. The molecule has 0 saturated heterocycles. The van der Waals surface area contributed by atoms with Crippen LogP contribution in [0.5, 0.6) is 0 Å². The van der Waals surface area contributed by atoms with Crippen molar-refractivity contribution in [2.75, 3.05) is 5.75 Å². The maximum absolute atomic E-state index is 13.1. The Labute approximate surface area is 146 Å². The molecule has 0 unspecified atom stereocenters. The van der Waals surface area contributed by atoms with Gasteiger partial charge in [-0.1, -0.05) is 23.9 Å². The molecule has 2 heterocycles. The van der Waals surface area contributed by atoms with Crippen molar-refractivity contribution >= 4 is 39.1 Å². The molecule has 0 aliphatic carbocycles. The summed E-state index contributed by atoms with van der Waals surface area (Å²) < 4.78 is 13.1. The summed E-state index contributed by atoms with van der Waals surface area (Å²) in [5, 5.41) is 1.04. The number of aryl methyl sites for hydroxylation is 1. The molecular weight excluding hydrogens is 347 g/mol. The maximum Gasteiger partial charge on any atom is 0.260 e. The molecule has 3 aromatic rings. The predicted octanol–water partition coefficient (Wildman–Crippen LogP) is 4.17. The van der Waals surface area contributed by atoms with Crippen LogP contribution in [-0.4, -0.2) is 21.5 Å². The zero-order valence-electron chi connectivity index (χ0n) is 13.2. The van der Waals surface area contributed by atoms with Crippen molar-refractivity contribution in [1.82, 2.24) is 9.97 Å². The zero-order chi connectivity index (χ0) is 17.3. The van der Waals surface area contributed by atoms with Crippen LogP contribution >= 0.6 is 23.1 Å². The van der Waals surface area contributed by atoms with Gasteiger partial charge < -0.3 is 4.98 Å². The molecule has 1 N–H and O–H groups in total. The standard InChI is InChI=1S/C17H15FN2O2S2/c1-9(21)7-8-23-17-19-15(22)14-13(10(2)24-16(14)20-17)11-3-5-12(18)6-4-11/h3-6H,7-8H2,1-2H3,(H,19,20,22). The number of aromatic nitrogens is 2. The average molecular weight is 362 g/mol. The summed E-state index contributed by atoms with van der Waals surface area (Å²) in [6, 6.07) is 6.09. The molecular formula is C17H15FN2O2S2. The van der Waals surface area contributed by atoms with E-state index in [1.807, 2.05) is 6.92 Å². The number of thioether (sulfide) groups is 1. The smallest absolute Gasteiger partial charge is 0.260 e. The quantitative estimate of drug-likeness (QED) is 0.546. The first-order valence-corrected chi connectivity index (χ1v) is 9.17. The van der Waals surface area contributed by atoms with Gasteiger partial charge in [-0.25, -0.2) is 9.37 Å². The lowest BCUT2D eigenvalue weighted by atomic mass is 10.0. The second-order valence-corrected chi connectivity index (χ2v) is 7.68. The molecule has 7 heteroatoms. The van der Waals surface area contributed by atoms with Crippen molar-refractivity contribution in [3.8, 4) is 11.1 Å². The van der Waals surface area contributed by atoms with E-state index in [9.17, 15) is 14.0 Å². The lowest BCUT2D eigenvalue weighted by molar-refractivity contribution is -0.116. The van der Waals surface area contributed by atoms with E-state index in [1.54, 1.807) is 12.1 Å². The molecule has 0 fully saturated rings. The van der Waals surface area contributed by atoms with Gasteiger partial charge in [-0.2, -0.15) is 0 Å². The monoisotopic (exact) mass is 362 g/mol. The van der Waals surface area contributed by atoms with Gasteiger partial charge in [-0.05, 0) is 31.5 Å². The maximum atomic E-state index is 13.1. The van der Waals surface area contributed by atoms with Gasteiger partial charge in [-0.15, -0.1) is 11.3 Å². The zero-order valence-corrected chi connectivity index (χ0v) is 14.8. The van der Waals surface area contributed by atoms with Crippen molar-refractivity contribution in [2.24, 2.45) is 0 Å². The Balaban J connectivity index is 2.03. The average Bonchev–Trinajstić information content (AvgIpc) is 2.84. The highest BCUT2D eigenvalue weighted by Gasteiger charge is 2.16. The minimum absolute atomic E-state index is 0.108. The number of Topliss-reactive ketones (excluding diaryl/α,β-unsaturated/α-hetero) is 1. The number of carbonyl (C=O) groups excluding carboxylic acids is 1. The summed E-state index contributed by atoms with van der Waals surface area (Å²) in [7, 11) is 0. The number of thiophene rings is 1. The van der Waals surface area contributed by atoms with E-state index in [2.05, 4.69) is 9.97 Å². The van der Waals surface area contributed by atoms with E-state index in [0.29, 0.717) is 27.5 Å². The van der Waals surface area contributed by atoms with Crippen LogP contribution in [0.3, 0.4) is 0 Å². The topological polar surface area (TPSA) is 62.8 Å². The van der Waals surface area contributed by atoms with Crippen LogP contribution in [0.25, 0.3) is 21.3 Å². The van der Waals surface area contributed by atoms with E-state index in [0.717, 1.165) is 16.0 Å². The molecule has 1 aromatic carbocycles. The fraction of sp³-hybridized carbons (Fsp3) is 0.235. The SMILES string of the molecule is CC(=O)CCSc1nc2sc(C)c(-c3ccc(F)cc3)c2c(=O)[nH]1. The van der Waals surface area contributed by atoms with Crippen molar-refractivity contribution in [2.45, 2.75) is 25.4 Å². The van der Waals surface area contributed by atoms with Gasteiger partial charge in [-0.3, -0.25) is 9.59 Å². The molecule has 0 saturated carbocycles. The highest BCUT2D eigenvalue weighted by Crippen LogP contribution is 2.36. The van der Waals surface area contributed by atoms with Crippen LogP contribution in [0.4, 0.5) is 4.39 Å². The minimum Gasteiger partial charge on any atom is -0.301 e. The van der Waals surface area contributed by atoms with Crippen LogP contribution in [0, 0.1) is 12.7 Å². The lowest BCUT2D eigenvalue weighted by Crippen LogP contribution is -2.09. The van der Waals surface area contributed by atoms with E-state index in [1.165, 1.54) is 42.2 Å². The predicted molar refractivity (Wildman–Crippen MR) is 96.4 cm³/mol. The van der Waals surface area contributed by atoms with E-state index in [-0.39, 0.29) is 17.2 Å². The van der Waals surface area contributed by atoms with Crippen LogP contribution in [0.2, 0.25) is 0 Å². The van der Waals surface area contributed by atoms with E-state index >= 15 is 0 Å². The molecule has 4 nitrogen and oxygen atoms in total. The Morgan fingerprint density at radius 2 is 2.04 bits per heavy atom. The number of fused-ring (bicyclic) bond motifs is 1. The molecule has 0 bridgehead atoms. The minimum atomic E-state index is -0.313. The Morgan fingerprint density at radius 1 is 1.33 bits per heavy atom. The lowest BCUT2D eigenvalue weighted by Gasteiger charge is -2.03. The largest absolute Gasteiger partial charge is 0.301 e. The molecule has 0 aliphatic rings. The van der Waals surface area contributed by atoms with Gasteiger partial charge in [0.05, 0.1) is 5.39 Å². The normalized spacial score (nSPS) is 11.1. The fourth-order valence-corrected chi connectivity index (χ4v) is 4.43. The molecule has 0 aliphatic heterocycles. The highest BCUT2D eigenvalue weighted by atomic mass is 32.2. The van der Waals surface area contributed by atoms with Gasteiger partial charge in [0.25, 0.3) is 5.56 Å². The van der Waals surface area contributed by atoms with E-state index < -0.39 is 0 Å². The fourth-order valence-electron chi connectivity index (χ4n) is 2.42. The van der Waals surface area contributed by atoms with E-state index in [4.69, 9.17) is 0 Å². The van der Waals surface area contributed by atoms with Crippen LogP contribution < -0.4 is 5.56 Å². The number of halogens is 1. The second-order valence-electron chi connectivity index (χ2n) is 5.39. The second kappa shape index (κ2) is 6.86. The van der Waals surface area contributed by atoms with Gasteiger partial charge in [0, 0.05) is 22.6 Å². The molecule has 2 aromatic heterocycles. The molecule has 0 atom stereocenters. The number of benzene rings is 1. The number of aromatic amines is 1. The molecule has 0 spiro atoms. The van der Waals surface area contributed by atoms with Gasteiger partial charge in [0.1, 0.15) is 16.4 Å². The van der Waals surface area contributed by atoms with Crippen molar-refractivity contribution in [3.05, 3.63) is 45.3 Å². The third-order valence-corrected chi connectivity index (χ3v) is 5.42. The van der Waals surface area contributed by atoms with Crippen molar-refractivity contribution in [3.63, 3.8) is 0 Å². The number of nitrogens with zero attached hydrogens (tertiary/aromatic N) is 1. The van der Waals surface area contributed by atoms with Crippen LogP contribution in [0.1, 0.15) is 18.2 Å². The summed E-state index contributed by atoms with van der Waals surface area (Å²) in [5.74, 6) is 0.377. The van der Waals surface area contributed by atoms with Gasteiger partial charge in [0.2, 0.25) is 0 Å². The number of ketones is 1. The molecule has 24 heavy (non-hydrogen) atoms. The summed E-state index contributed by atoms with van der Waals surface area (Å²) >= 11 is 2.80. The number of hydrogen-bond donors (Lipinski definition) is 1. The molecule has 0 amide bonds.